The minimum absolute atomic E-state index is 0.101. The van der Waals surface area contributed by atoms with E-state index in [9.17, 15) is 9.59 Å². The van der Waals surface area contributed by atoms with Gasteiger partial charge in [0.1, 0.15) is 5.78 Å². The second-order valence-corrected chi connectivity index (χ2v) is 8.37. The Hall–Kier alpha value is -3.21. The molecule has 0 spiro atoms. The topological polar surface area (TPSA) is 71.1 Å². The number of aryl methyl sites for hydroxylation is 2. The van der Waals surface area contributed by atoms with Gasteiger partial charge in [-0.3, -0.25) is 14.6 Å². The zero-order chi connectivity index (χ0) is 21.8. The maximum Gasteiger partial charge on any atom is 0.255 e. The van der Waals surface area contributed by atoms with Crippen molar-refractivity contribution in [3.63, 3.8) is 0 Å². The van der Waals surface area contributed by atoms with Crippen molar-refractivity contribution < 1.29 is 9.59 Å². The van der Waals surface area contributed by atoms with E-state index in [1.165, 1.54) is 0 Å². The number of hydrogen-bond acceptors (Lipinski definition) is 4. The fourth-order valence-electron chi connectivity index (χ4n) is 3.80. The molecule has 0 unspecified atom stereocenters. The minimum atomic E-state index is -0.101. The van der Waals surface area contributed by atoms with E-state index in [2.05, 4.69) is 28.6 Å². The number of aromatic nitrogens is 1. The van der Waals surface area contributed by atoms with E-state index in [-0.39, 0.29) is 11.9 Å². The van der Waals surface area contributed by atoms with Crippen LogP contribution in [0.3, 0.4) is 0 Å². The lowest BCUT2D eigenvalue weighted by Gasteiger charge is -2.16. The van der Waals surface area contributed by atoms with Gasteiger partial charge in [0, 0.05) is 36.2 Å². The predicted octanol–water partition coefficient (Wildman–Crippen LogP) is 5.48. The van der Waals surface area contributed by atoms with Gasteiger partial charge in [-0.1, -0.05) is 25.1 Å². The summed E-state index contributed by atoms with van der Waals surface area (Å²) >= 11 is 0. The highest BCUT2D eigenvalue weighted by Gasteiger charge is 2.26. The van der Waals surface area contributed by atoms with Gasteiger partial charge < -0.3 is 10.6 Å². The molecular weight excluding hydrogens is 386 g/mol. The number of fused-ring (bicyclic) bond motifs is 1. The van der Waals surface area contributed by atoms with Gasteiger partial charge in [-0.05, 0) is 68.0 Å². The molecule has 1 aliphatic rings. The summed E-state index contributed by atoms with van der Waals surface area (Å²) in [6, 6.07) is 14.3. The second kappa shape index (κ2) is 9.29. The Kier molecular flexibility index (Phi) is 6.31. The van der Waals surface area contributed by atoms with Crippen molar-refractivity contribution in [2.45, 2.75) is 58.4 Å². The number of rotatable bonds is 9. The van der Waals surface area contributed by atoms with Gasteiger partial charge in [0.15, 0.2) is 0 Å². The summed E-state index contributed by atoms with van der Waals surface area (Å²) in [6.07, 6.45) is 6.47. The number of amides is 1. The van der Waals surface area contributed by atoms with Crippen molar-refractivity contribution in [1.29, 1.82) is 0 Å². The van der Waals surface area contributed by atoms with Crippen molar-refractivity contribution in [3.05, 3.63) is 65.4 Å². The van der Waals surface area contributed by atoms with Crippen LogP contribution in [0.25, 0.3) is 10.9 Å². The van der Waals surface area contributed by atoms with Crippen molar-refractivity contribution >= 4 is 34.0 Å². The lowest BCUT2D eigenvalue weighted by atomic mass is 9.97. The van der Waals surface area contributed by atoms with Crippen LogP contribution in [0, 0.1) is 6.92 Å². The maximum atomic E-state index is 13.0. The van der Waals surface area contributed by atoms with Gasteiger partial charge in [-0.15, -0.1) is 0 Å². The molecule has 1 fully saturated rings. The first-order valence-corrected chi connectivity index (χ1v) is 11.1. The van der Waals surface area contributed by atoms with Crippen LogP contribution in [0.1, 0.15) is 60.5 Å². The average molecular weight is 416 g/mol. The van der Waals surface area contributed by atoms with Crippen LogP contribution in [0.4, 0.5) is 11.4 Å². The van der Waals surface area contributed by atoms with Crippen molar-refractivity contribution in [2.24, 2.45) is 0 Å². The standard InChI is InChI=1S/C26H29N3O2/c1-3-7-21(30)13-10-18-15-22-24(14-17(18)2)27-16-23(26(31)29-20-11-12-20)25(22)28-19-8-5-4-6-9-19/h4-6,8-9,14-16,20H,3,7,10-13H2,1-2H3,(H,27,28)(H,29,31). The van der Waals surface area contributed by atoms with Crippen LogP contribution in [-0.2, 0) is 11.2 Å². The van der Waals surface area contributed by atoms with Gasteiger partial charge >= 0.3 is 0 Å². The van der Waals surface area contributed by atoms with Crippen molar-refractivity contribution in [3.8, 4) is 0 Å². The van der Waals surface area contributed by atoms with E-state index in [1.54, 1.807) is 6.20 Å². The molecule has 5 nitrogen and oxygen atoms in total. The Balaban J connectivity index is 1.75. The number of pyridine rings is 1. The highest BCUT2D eigenvalue weighted by molar-refractivity contribution is 6.08. The molecule has 31 heavy (non-hydrogen) atoms. The first-order chi connectivity index (χ1) is 15.0. The third-order valence-corrected chi connectivity index (χ3v) is 5.73. The Morgan fingerprint density at radius 3 is 2.58 bits per heavy atom. The lowest BCUT2D eigenvalue weighted by Crippen LogP contribution is -2.26. The van der Waals surface area contributed by atoms with Crippen LogP contribution in [0.2, 0.25) is 0 Å². The first kappa shape index (κ1) is 21.0. The SMILES string of the molecule is CCCC(=O)CCc1cc2c(Nc3ccccc3)c(C(=O)NC3CC3)cnc2cc1C. The van der Waals surface area contributed by atoms with Crippen LogP contribution < -0.4 is 10.6 Å². The molecule has 1 heterocycles. The number of carbonyl (C=O) groups excluding carboxylic acids is 2. The second-order valence-electron chi connectivity index (χ2n) is 8.37. The zero-order valence-corrected chi connectivity index (χ0v) is 18.2. The van der Waals surface area contributed by atoms with Gasteiger partial charge in [0.2, 0.25) is 0 Å². The van der Waals surface area contributed by atoms with Crippen molar-refractivity contribution in [1.82, 2.24) is 10.3 Å². The normalized spacial score (nSPS) is 13.2. The summed E-state index contributed by atoms with van der Waals surface area (Å²) < 4.78 is 0. The van der Waals surface area contributed by atoms with Gasteiger partial charge in [0.05, 0.1) is 16.8 Å². The van der Waals surface area contributed by atoms with Gasteiger partial charge in [0.25, 0.3) is 5.91 Å². The highest BCUT2D eigenvalue weighted by Crippen LogP contribution is 2.32. The van der Waals surface area contributed by atoms with E-state index in [1.807, 2.05) is 43.3 Å². The van der Waals surface area contributed by atoms with E-state index < -0.39 is 0 Å². The largest absolute Gasteiger partial charge is 0.354 e. The highest BCUT2D eigenvalue weighted by atomic mass is 16.1. The van der Waals surface area contributed by atoms with Crippen LogP contribution in [0.5, 0.6) is 0 Å². The smallest absolute Gasteiger partial charge is 0.255 e. The Labute approximate surface area is 183 Å². The molecule has 5 heteroatoms. The van der Waals surface area contributed by atoms with Crippen molar-refractivity contribution in [2.75, 3.05) is 5.32 Å². The molecule has 4 rings (SSSR count). The fourth-order valence-corrected chi connectivity index (χ4v) is 3.80. The maximum absolute atomic E-state index is 13.0. The van der Waals surface area contributed by atoms with E-state index >= 15 is 0 Å². The fraction of sp³-hybridized carbons (Fsp3) is 0.346. The van der Waals surface area contributed by atoms with Gasteiger partial charge in [-0.2, -0.15) is 0 Å². The predicted molar refractivity (Wildman–Crippen MR) is 125 cm³/mol. The number of carbonyl (C=O) groups is 2. The molecule has 1 amide bonds. The molecule has 1 aromatic heterocycles. The number of benzene rings is 2. The summed E-state index contributed by atoms with van der Waals surface area (Å²) in [5.41, 5.74) is 5.29. The number of nitrogens with zero attached hydrogens (tertiary/aromatic N) is 1. The Morgan fingerprint density at radius 2 is 1.87 bits per heavy atom. The summed E-state index contributed by atoms with van der Waals surface area (Å²) in [5.74, 6) is 0.191. The molecular formula is C26H29N3O2. The minimum Gasteiger partial charge on any atom is -0.354 e. The number of para-hydroxylation sites is 1. The summed E-state index contributed by atoms with van der Waals surface area (Å²) in [4.78, 5) is 29.6. The number of Topliss-reactive ketones (excluding diaryl/α,β-unsaturated/α-hetero) is 1. The molecule has 0 atom stereocenters. The molecule has 160 valence electrons. The number of anilines is 2. The molecule has 0 bridgehead atoms. The molecule has 2 N–H and O–H groups in total. The van der Waals surface area contributed by atoms with Crippen LogP contribution >= 0.6 is 0 Å². The Morgan fingerprint density at radius 1 is 1.10 bits per heavy atom. The summed E-state index contributed by atoms with van der Waals surface area (Å²) in [6.45, 7) is 4.08. The third-order valence-electron chi connectivity index (χ3n) is 5.73. The van der Waals surface area contributed by atoms with E-state index in [4.69, 9.17) is 0 Å². The summed E-state index contributed by atoms with van der Waals surface area (Å²) in [7, 11) is 0. The number of hydrogen-bond donors (Lipinski definition) is 2. The molecule has 2 aromatic carbocycles. The molecule has 0 aliphatic heterocycles. The third kappa shape index (κ3) is 5.10. The van der Waals surface area contributed by atoms with E-state index in [0.29, 0.717) is 30.6 Å². The number of nitrogens with one attached hydrogen (secondary N) is 2. The van der Waals surface area contributed by atoms with Crippen LogP contribution in [-0.4, -0.2) is 22.7 Å². The molecule has 1 aliphatic carbocycles. The number of ketones is 1. The molecule has 3 aromatic rings. The monoisotopic (exact) mass is 415 g/mol. The quantitative estimate of drug-likeness (QED) is 0.485. The lowest BCUT2D eigenvalue weighted by molar-refractivity contribution is -0.119. The molecule has 0 radical (unpaired) electrons. The molecule has 0 saturated heterocycles. The molecule has 1 saturated carbocycles. The van der Waals surface area contributed by atoms with Crippen LogP contribution in [0.15, 0.2) is 48.7 Å². The first-order valence-electron chi connectivity index (χ1n) is 11.1. The van der Waals surface area contributed by atoms with E-state index in [0.717, 1.165) is 52.7 Å². The Bertz CT molecular complexity index is 1100. The summed E-state index contributed by atoms with van der Waals surface area (Å²) in [5, 5.41) is 7.43. The zero-order valence-electron chi connectivity index (χ0n) is 18.2. The van der Waals surface area contributed by atoms with Gasteiger partial charge in [-0.25, -0.2) is 0 Å². The average Bonchev–Trinajstić information content (AvgIpc) is 3.57.